The molecule has 1 N–H and O–H groups in total. The molecule has 262 valence electrons. The number of para-hydroxylation sites is 2. The second kappa shape index (κ2) is 13.7. The Bertz CT molecular complexity index is 2510. The van der Waals surface area contributed by atoms with E-state index in [1.54, 1.807) is 24.3 Å². The van der Waals surface area contributed by atoms with Crippen molar-refractivity contribution >= 4 is 45.4 Å². The quantitative estimate of drug-likeness (QED) is 0.170. The number of halogens is 2. The molecule has 0 bridgehead atoms. The van der Waals surface area contributed by atoms with Crippen LogP contribution in [0.4, 0.5) is 48.6 Å². The van der Waals surface area contributed by atoms with E-state index in [-0.39, 0.29) is 23.1 Å². The molecular formula is C49H37F2N3. The molecule has 0 saturated heterocycles. The highest BCUT2D eigenvalue weighted by Gasteiger charge is 2.41. The molecule has 2 aliphatic rings. The molecule has 2 atom stereocenters. The van der Waals surface area contributed by atoms with Gasteiger partial charge in [-0.1, -0.05) is 97.1 Å². The van der Waals surface area contributed by atoms with Crippen molar-refractivity contribution in [2.45, 2.75) is 18.4 Å². The van der Waals surface area contributed by atoms with Gasteiger partial charge in [0.25, 0.3) is 0 Å². The normalized spacial score (nSPS) is 16.9. The second-order valence-electron chi connectivity index (χ2n) is 14.0. The lowest BCUT2D eigenvalue weighted by Crippen LogP contribution is -2.34. The maximum absolute atomic E-state index is 14.3. The summed E-state index contributed by atoms with van der Waals surface area (Å²) in [7, 11) is 0. The number of hydrogen-bond acceptors (Lipinski definition) is 3. The van der Waals surface area contributed by atoms with Crippen LogP contribution in [0.25, 0.3) is 16.7 Å². The largest absolute Gasteiger partial charge is 0.375 e. The lowest BCUT2D eigenvalue weighted by molar-refractivity contribution is 0.597. The van der Waals surface area contributed by atoms with Gasteiger partial charge in [-0.05, 0) is 132 Å². The second-order valence-corrected chi connectivity index (χ2v) is 14.0. The Morgan fingerprint density at radius 3 is 1.50 bits per heavy atom. The topological polar surface area (TPSA) is 18.5 Å². The Morgan fingerprint density at radius 2 is 0.963 bits per heavy atom. The molecule has 0 aromatic heterocycles. The molecule has 5 heteroatoms. The summed E-state index contributed by atoms with van der Waals surface area (Å²) < 4.78 is 28.7. The van der Waals surface area contributed by atoms with Gasteiger partial charge in [0.2, 0.25) is 0 Å². The lowest BCUT2D eigenvalue weighted by atomic mass is 9.78. The summed E-state index contributed by atoms with van der Waals surface area (Å²) in [6, 6.07) is 57.1. The van der Waals surface area contributed by atoms with Crippen LogP contribution in [0.1, 0.15) is 24.0 Å². The molecule has 7 aromatic rings. The summed E-state index contributed by atoms with van der Waals surface area (Å²) in [5.41, 5.74) is 12.0. The third-order valence-electron chi connectivity index (χ3n) is 10.5. The van der Waals surface area contributed by atoms with Gasteiger partial charge in [0.15, 0.2) is 0 Å². The van der Waals surface area contributed by atoms with Gasteiger partial charge in [0.1, 0.15) is 11.6 Å². The van der Waals surface area contributed by atoms with Crippen molar-refractivity contribution in [1.29, 1.82) is 0 Å². The van der Waals surface area contributed by atoms with Crippen molar-refractivity contribution in [3.8, 4) is 11.1 Å². The summed E-state index contributed by atoms with van der Waals surface area (Å²) in [4.78, 5) is 4.14. The van der Waals surface area contributed by atoms with E-state index in [1.165, 1.54) is 17.7 Å². The molecule has 0 spiro atoms. The molecule has 0 fully saturated rings. The summed E-state index contributed by atoms with van der Waals surface area (Å²) in [6.07, 6.45) is 6.87. The van der Waals surface area contributed by atoms with Crippen LogP contribution in [0, 0.1) is 11.6 Å². The Morgan fingerprint density at radius 1 is 0.481 bits per heavy atom. The molecule has 1 aliphatic heterocycles. The number of allylic oxidation sites excluding steroid dienone is 2. The van der Waals surface area contributed by atoms with Crippen molar-refractivity contribution < 1.29 is 8.78 Å². The van der Waals surface area contributed by atoms with E-state index in [1.807, 2.05) is 72.8 Å². The predicted octanol–water partition coefficient (Wildman–Crippen LogP) is 13.5. The van der Waals surface area contributed by atoms with Crippen molar-refractivity contribution in [2.24, 2.45) is 0 Å². The van der Waals surface area contributed by atoms with Gasteiger partial charge in [-0.2, -0.15) is 0 Å². The smallest absolute Gasteiger partial charge is 0.125 e. The van der Waals surface area contributed by atoms with Gasteiger partial charge in [-0.3, -0.25) is 0 Å². The summed E-state index contributed by atoms with van der Waals surface area (Å²) in [5, 5.41) is 3.79. The van der Waals surface area contributed by atoms with Crippen molar-refractivity contribution in [3.63, 3.8) is 0 Å². The number of hydrogen-bond donors (Lipinski definition) is 1. The van der Waals surface area contributed by atoms with Crippen LogP contribution in [0.15, 0.2) is 194 Å². The van der Waals surface area contributed by atoms with E-state index in [2.05, 4.69) is 107 Å². The highest BCUT2D eigenvalue weighted by atomic mass is 19.1. The van der Waals surface area contributed by atoms with E-state index in [4.69, 9.17) is 0 Å². The molecule has 9 rings (SSSR count). The fourth-order valence-corrected chi connectivity index (χ4v) is 7.79. The molecule has 0 saturated carbocycles. The first-order valence-electron chi connectivity index (χ1n) is 18.2. The van der Waals surface area contributed by atoms with Crippen LogP contribution in [-0.2, 0) is 0 Å². The minimum atomic E-state index is -0.272. The van der Waals surface area contributed by atoms with E-state index < -0.39 is 0 Å². The fraction of sp³-hybridized carbons (Fsp3) is 0.0612. The third kappa shape index (κ3) is 6.24. The first-order chi connectivity index (χ1) is 26.4. The molecule has 3 nitrogen and oxygen atoms in total. The Hall–Kier alpha value is -6.72. The molecule has 1 aliphatic carbocycles. The maximum Gasteiger partial charge on any atom is 0.125 e. The summed E-state index contributed by atoms with van der Waals surface area (Å²) in [5.74, 6) is -0.418. The standard InChI is InChI=1S/C49H37F2N3/c1-49-29-28-37(35-20-25-43(26-21-35)54(41-14-6-3-7-15-41)45-17-9-11-39(51)33-45)31-47(49)46-30-36(22-27-48(46)52-49)34-18-23-42(24-19-34)53(40-12-4-2-5-13-40)44-16-8-10-38(50)32-44/h2-33,47,52H,1H3. The molecule has 7 aromatic carbocycles. The zero-order chi connectivity index (χ0) is 36.6. The zero-order valence-corrected chi connectivity index (χ0v) is 29.7. The average molecular weight is 706 g/mol. The molecule has 1 heterocycles. The molecule has 0 amide bonds. The van der Waals surface area contributed by atoms with Gasteiger partial charge >= 0.3 is 0 Å². The lowest BCUT2D eigenvalue weighted by Gasteiger charge is -2.31. The van der Waals surface area contributed by atoms with Gasteiger partial charge in [0, 0.05) is 45.7 Å². The van der Waals surface area contributed by atoms with Gasteiger partial charge in [0.05, 0.1) is 5.54 Å². The fourth-order valence-electron chi connectivity index (χ4n) is 7.79. The summed E-state index contributed by atoms with van der Waals surface area (Å²) >= 11 is 0. The van der Waals surface area contributed by atoms with Crippen LogP contribution in [0.2, 0.25) is 0 Å². The monoisotopic (exact) mass is 705 g/mol. The Labute approximate surface area is 314 Å². The van der Waals surface area contributed by atoms with Crippen LogP contribution >= 0.6 is 0 Å². The van der Waals surface area contributed by atoms with Crippen molar-refractivity contribution in [1.82, 2.24) is 0 Å². The SMILES string of the molecule is CC12C=CC(c3ccc(N(c4ccccc4)c4cccc(F)c4)cc3)=CC1c1cc(-c3ccc(N(c4ccccc4)c4cccc(F)c4)cc3)ccc1N2. The molecule has 54 heavy (non-hydrogen) atoms. The van der Waals surface area contributed by atoms with Gasteiger partial charge in [-0.25, -0.2) is 8.78 Å². The van der Waals surface area contributed by atoms with E-state index in [0.717, 1.165) is 62.1 Å². The van der Waals surface area contributed by atoms with Crippen molar-refractivity contribution in [3.05, 3.63) is 217 Å². The van der Waals surface area contributed by atoms with Crippen LogP contribution < -0.4 is 15.1 Å². The van der Waals surface area contributed by atoms with Gasteiger partial charge in [-0.15, -0.1) is 0 Å². The van der Waals surface area contributed by atoms with Crippen molar-refractivity contribution in [2.75, 3.05) is 15.1 Å². The van der Waals surface area contributed by atoms with Crippen LogP contribution in [0.5, 0.6) is 0 Å². The Balaban J connectivity index is 1.01. The van der Waals surface area contributed by atoms with Crippen LogP contribution in [0.3, 0.4) is 0 Å². The first kappa shape index (κ1) is 33.1. The highest BCUT2D eigenvalue weighted by molar-refractivity contribution is 5.84. The molecule has 2 unspecified atom stereocenters. The number of nitrogens with one attached hydrogen (secondary N) is 1. The third-order valence-corrected chi connectivity index (χ3v) is 10.5. The highest BCUT2D eigenvalue weighted by Crippen LogP contribution is 2.49. The number of nitrogens with zero attached hydrogens (tertiary/aromatic N) is 2. The molecule has 0 radical (unpaired) electrons. The van der Waals surface area contributed by atoms with Gasteiger partial charge < -0.3 is 15.1 Å². The Kier molecular flexibility index (Phi) is 8.40. The number of rotatable bonds is 8. The van der Waals surface area contributed by atoms with E-state index >= 15 is 0 Å². The predicted molar refractivity (Wildman–Crippen MR) is 219 cm³/mol. The number of fused-ring (bicyclic) bond motifs is 3. The number of benzene rings is 7. The molecular weight excluding hydrogens is 669 g/mol. The van der Waals surface area contributed by atoms with E-state index in [9.17, 15) is 8.78 Å². The minimum Gasteiger partial charge on any atom is -0.375 e. The zero-order valence-electron chi connectivity index (χ0n) is 29.7. The maximum atomic E-state index is 14.3. The average Bonchev–Trinajstić information content (AvgIpc) is 3.50. The first-order valence-corrected chi connectivity index (χ1v) is 18.2. The minimum absolute atomic E-state index is 0.126. The van der Waals surface area contributed by atoms with E-state index in [0.29, 0.717) is 0 Å². The number of anilines is 7. The van der Waals surface area contributed by atoms with Crippen LogP contribution in [-0.4, -0.2) is 5.54 Å². The summed E-state index contributed by atoms with van der Waals surface area (Å²) in [6.45, 7) is 2.25.